The molecule has 3 nitrogen and oxygen atoms in total. The number of carbonyl (C=O) groups excluding carboxylic acids is 1. The monoisotopic (exact) mass is 344 g/mol. The Balaban J connectivity index is 2.13. The van der Waals surface area contributed by atoms with Gasteiger partial charge in [0.2, 0.25) is 0 Å². The molecule has 1 amide bonds. The SMILES string of the molecule is Cc1ccc(Nc2c(F)c(F)cc(C#CC3CC3)c2C(N)=O)c(F)c1. The quantitative estimate of drug-likeness (QED) is 0.827. The van der Waals surface area contributed by atoms with Crippen LogP contribution in [-0.2, 0) is 0 Å². The van der Waals surface area contributed by atoms with Crippen LogP contribution in [0, 0.1) is 42.1 Å². The summed E-state index contributed by atoms with van der Waals surface area (Å²) in [5.74, 6) is 1.60. The van der Waals surface area contributed by atoms with E-state index in [9.17, 15) is 18.0 Å². The summed E-state index contributed by atoms with van der Waals surface area (Å²) in [6, 6.07) is 5.04. The summed E-state index contributed by atoms with van der Waals surface area (Å²) in [4.78, 5) is 11.8. The standard InChI is InChI=1S/C19H15F3N2O/c1-10-2-7-15(13(20)8-10)24-18-16(19(23)25)12(6-5-11-3-4-11)9-14(21)17(18)22/h2,7-9,11,24H,3-4H2,1H3,(H2,23,25). The van der Waals surface area contributed by atoms with Gasteiger partial charge in [0, 0.05) is 11.5 Å². The second-order valence-electron chi connectivity index (χ2n) is 5.99. The second kappa shape index (κ2) is 6.52. The molecular weight excluding hydrogens is 329 g/mol. The van der Waals surface area contributed by atoms with E-state index in [0.717, 1.165) is 18.9 Å². The predicted octanol–water partition coefficient (Wildman–Crippen LogP) is 4.02. The number of hydrogen-bond donors (Lipinski definition) is 2. The lowest BCUT2D eigenvalue weighted by molar-refractivity contribution is 0.100. The number of anilines is 2. The molecule has 1 fully saturated rings. The maximum Gasteiger partial charge on any atom is 0.252 e. The van der Waals surface area contributed by atoms with Crippen LogP contribution in [-0.4, -0.2) is 5.91 Å². The largest absolute Gasteiger partial charge is 0.365 e. The van der Waals surface area contributed by atoms with Gasteiger partial charge in [-0.05, 0) is 43.5 Å². The summed E-state index contributed by atoms with van der Waals surface area (Å²) in [6.07, 6.45) is 1.87. The molecule has 0 bridgehead atoms. The van der Waals surface area contributed by atoms with Gasteiger partial charge < -0.3 is 11.1 Å². The second-order valence-corrected chi connectivity index (χ2v) is 5.99. The first-order valence-corrected chi connectivity index (χ1v) is 7.73. The molecule has 0 heterocycles. The van der Waals surface area contributed by atoms with Crippen LogP contribution in [0.5, 0.6) is 0 Å². The Bertz CT molecular complexity index is 924. The third-order valence-electron chi connectivity index (χ3n) is 3.84. The molecule has 0 aliphatic heterocycles. The first-order chi connectivity index (χ1) is 11.9. The summed E-state index contributed by atoms with van der Waals surface area (Å²) in [6.45, 7) is 1.69. The van der Waals surface area contributed by atoms with E-state index in [2.05, 4.69) is 17.2 Å². The number of amides is 1. The van der Waals surface area contributed by atoms with Crippen molar-refractivity contribution in [1.82, 2.24) is 0 Å². The van der Waals surface area contributed by atoms with Crippen LogP contribution in [0.3, 0.4) is 0 Å². The van der Waals surface area contributed by atoms with Gasteiger partial charge in [0.15, 0.2) is 11.6 Å². The van der Waals surface area contributed by atoms with E-state index < -0.39 is 29.0 Å². The fourth-order valence-electron chi connectivity index (χ4n) is 2.36. The molecule has 25 heavy (non-hydrogen) atoms. The number of halogens is 3. The smallest absolute Gasteiger partial charge is 0.252 e. The van der Waals surface area contributed by atoms with E-state index in [1.165, 1.54) is 12.1 Å². The Hall–Kier alpha value is -2.94. The number of nitrogens with two attached hydrogens (primary N) is 1. The molecule has 2 aromatic carbocycles. The van der Waals surface area contributed by atoms with E-state index in [0.29, 0.717) is 5.56 Å². The normalized spacial score (nSPS) is 13.1. The Morgan fingerprint density at radius 2 is 1.92 bits per heavy atom. The number of primary amides is 1. The third-order valence-corrected chi connectivity index (χ3v) is 3.84. The molecule has 2 aromatic rings. The van der Waals surface area contributed by atoms with Crippen molar-refractivity contribution in [2.45, 2.75) is 19.8 Å². The van der Waals surface area contributed by atoms with Gasteiger partial charge in [0.25, 0.3) is 5.91 Å². The zero-order chi connectivity index (χ0) is 18.1. The molecule has 3 rings (SSSR count). The van der Waals surface area contributed by atoms with Crippen LogP contribution in [0.25, 0.3) is 0 Å². The highest BCUT2D eigenvalue weighted by molar-refractivity contribution is 6.02. The van der Waals surface area contributed by atoms with Crippen LogP contribution < -0.4 is 11.1 Å². The number of rotatable bonds is 3. The van der Waals surface area contributed by atoms with Crippen molar-refractivity contribution in [1.29, 1.82) is 0 Å². The van der Waals surface area contributed by atoms with Gasteiger partial charge in [-0.25, -0.2) is 13.2 Å². The van der Waals surface area contributed by atoms with Crippen LogP contribution in [0.4, 0.5) is 24.5 Å². The summed E-state index contributed by atoms with van der Waals surface area (Å²) in [7, 11) is 0. The summed E-state index contributed by atoms with van der Waals surface area (Å²) >= 11 is 0. The molecule has 1 aliphatic carbocycles. The van der Waals surface area contributed by atoms with Crippen molar-refractivity contribution in [2.24, 2.45) is 11.7 Å². The zero-order valence-corrected chi connectivity index (χ0v) is 13.4. The van der Waals surface area contributed by atoms with Crippen LogP contribution in [0.15, 0.2) is 24.3 Å². The first kappa shape index (κ1) is 16.9. The van der Waals surface area contributed by atoms with Gasteiger partial charge in [-0.1, -0.05) is 17.9 Å². The Kier molecular flexibility index (Phi) is 4.41. The fraction of sp³-hybridized carbons (Fsp3) is 0.211. The minimum absolute atomic E-state index is 0.0201. The molecule has 1 aliphatic rings. The molecule has 0 spiro atoms. The van der Waals surface area contributed by atoms with Crippen molar-refractivity contribution < 1.29 is 18.0 Å². The van der Waals surface area contributed by atoms with Gasteiger partial charge in [0.1, 0.15) is 5.82 Å². The molecule has 0 radical (unpaired) electrons. The van der Waals surface area contributed by atoms with Crippen LogP contribution in [0.1, 0.15) is 34.3 Å². The lowest BCUT2D eigenvalue weighted by atomic mass is 10.0. The van der Waals surface area contributed by atoms with Crippen molar-refractivity contribution in [3.8, 4) is 11.8 Å². The minimum Gasteiger partial charge on any atom is -0.365 e. The van der Waals surface area contributed by atoms with E-state index >= 15 is 0 Å². The van der Waals surface area contributed by atoms with Crippen molar-refractivity contribution in [3.05, 3.63) is 58.4 Å². The Labute approximate surface area is 143 Å². The molecule has 3 N–H and O–H groups in total. The maximum absolute atomic E-state index is 14.3. The third kappa shape index (κ3) is 3.61. The summed E-state index contributed by atoms with van der Waals surface area (Å²) in [5, 5.41) is 2.44. The lowest BCUT2D eigenvalue weighted by Gasteiger charge is -2.14. The van der Waals surface area contributed by atoms with E-state index in [1.54, 1.807) is 13.0 Å². The van der Waals surface area contributed by atoms with Crippen molar-refractivity contribution in [2.75, 3.05) is 5.32 Å². The topological polar surface area (TPSA) is 55.1 Å². The Morgan fingerprint density at radius 3 is 2.52 bits per heavy atom. The molecule has 0 atom stereocenters. The van der Waals surface area contributed by atoms with Gasteiger partial charge in [-0.15, -0.1) is 0 Å². The molecule has 6 heteroatoms. The number of aryl methyl sites for hydroxylation is 1. The summed E-state index contributed by atoms with van der Waals surface area (Å²) < 4.78 is 42.3. The Morgan fingerprint density at radius 1 is 1.20 bits per heavy atom. The molecule has 0 aromatic heterocycles. The fourth-order valence-corrected chi connectivity index (χ4v) is 2.36. The highest BCUT2D eigenvalue weighted by Gasteiger charge is 2.23. The first-order valence-electron chi connectivity index (χ1n) is 7.73. The molecule has 0 saturated heterocycles. The molecule has 1 saturated carbocycles. The van der Waals surface area contributed by atoms with Crippen molar-refractivity contribution in [3.63, 3.8) is 0 Å². The maximum atomic E-state index is 14.3. The van der Waals surface area contributed by atoms with Crippen molar-refractivity contribution >= 4 is 17.3 Å². The van der Waals surface area contributed by atoms with E-state index in [-0.39, 0.29) is 22.7 Å². The molecular formula is C19H15F3N2O. The zero-order valence-electron chi connectivity index (χ0n) is 13.4. The molecule has 128 valence electrons. The average molecular weight is 344 g/mol. The van der Waals surface area contributed by atoms with Crippen LogP contribution >= 0.6 is 0 Å². The lowest BCUT2D eigenvalue weighted by Crippen LogP contribution is -2.17. The minimum atomic E-state index is -1.31. The van der Waals surface area contributed by atoms with Gasteiger partial charge in [-0.2, -0.15) is 0 Å². The van der Waals surface area contributed by atoms with Gasteiger partial charge >= 0.3 is 0 Å². The highest BCUT2D eigenvalue weighted by Crippen LogP contribution is 2.31. The van der Waals surface area contributed by atoms with E-state index in [1.807, 2.05) is 0 Å². The predicted molar refractivity (Wildman–Crippen MR) is 88.9 cm³/mol. The number of nitrogens with one attached hydrogen (secondary N) is 1. The summed E-state index contributed by atoms with van der Waals surface area (Å²) in [5.41, 5.74) is 5.07. The van der Waals surface area contributed by atoms with Crippen LogP contribution in [0.2, 0.25) is 0 Å². The number of hydrogen-bond acceptors (Lipinski definition) is 2. The van der Waals surface area contributed by atoms with Gasteiger partial charge in [0.05, 0.1) is 16.9 Å². The number of benzene rings is 2. The number of carbonyl (C=O) groups is 1. The van der Waals surface area contributed by atoms with E-state index in [4.69, 9.17) is 5.73 Å². The highest BCUT2D eigenvalue weighted by atomic mass is 19.2. The average Bonchev–Trinajstić information content (AvgIpc) is 3.36. The molecule has 0 unspecified atom stereocenters. The van der Waals surface area contributed by atoms with Gasteiger partial charge in [-0.3, -0.25) is 4.79 Å².